The molecule has 3 nitrogen and oxygen atoms in total. The zero-order valence-electron chi connectivity index (χ0n) is 10.2. The molecule has 1 aliphatic heterocycles. The van der Waals surface area contributed by atoms with Crippen LogP contribution in [0.1, 0.15) is 18.0 Å². The molecule has 2 N–H and O–H groups in total. The van der Waals surface area contributed by atoms with E-state index < -0.39 is 5.82 Å². The largest absolute Gasteiger partial charge is 0.394 e. The highest BCUT2D eigenvalue weighted by atomic mass is 35.5. The molecule has 2 rings (SSSR count). The van der Waals surface area contributed by atoms with E-state index in [1.54, 1.807) is 12.1 Å². The van der Waals surface area contributed by atoms with Crippen LogP contribution in [0.15, 0.2) is 18.2 Å². The minimum atomic E-state index is -0.430. The van der Waals surface area contributed by atoms with Gasteiger partial charge in [0, 0.05) is 19.6 Å². The van der Waals surface area contributed by atoms with Gasteiger partial charge in [-0.25, -0.2) is 4.39 Å². The van der Waals surface area contributed by atoms with Gasteiger partial charge in [0.05, 0.1) is 17.7 Å². The standard InChI is InChI=1S/C13H18ClFN2O/c14-11-3-2-10(8-12(11)15)13(9-18)17-6-1-4-16-5-7-17/h2-3,8,13,16,18H,1,4-7,9H2. The van der Waals surface area contributed by atoms with Crippen molar-refractivity contribution in [3.05, 3.63) is 34.6 Å². The predicted molar refractivity (Wildman–Crippen MR) is 70.3 cm³/mol. The number of aliphatic hydroxyl groups is 1. The average molecular weight is 273 g/mol. The lowest BCUT2D eigenvalue weighted by atomic mass is 10.1. The maximum Gasteiger partial charge on any atom is 0.142 e. The lowest BCUT2D eigenvalue weighted by Gasteiger charge is -2.29. The van der Waals surface area contributed by atoms with Crippen LogP contribution in [0.3, 0.4) is 0 Å². The molecule has 1 atom stereocenters. The maximum atomic E-state index is 13.5. The molecule has 0 amide bonds. The molecule has 1 unspecified atom stereocenters. The zero-order chi connectivity index (χ0) is 13.0. The molecule has 0 aromatic heterocycles. The van der Waals surface area contributed by atoms with Crippen LogP contribution in [0.4, 0.5) is 4.39 Å². The second kappa shape index (κ2) is 6.48. The van der Waals surface area contributed by atoms with E-state index >= 15 is 0 Å². The van der Waals surface area contributed by atoms with Crippen molar-refractivity contribution in [2.75, 3.05) is 32.8 Å². The summed E-state index contributed by atoms with van der Waals surface area (Å²) in [5.74, 6) is -0.430. The van der Waals surface area contributed by atoms with Crippen LogP contribution < -0.4 is 5.32 Å². The Balaban J connectivity index is 2.17. The van der Waals surface area contributed by atoms with Crippen molar-refractivity contribution in [1.82, 2.24) is 10.2 Å². The van der Waals surface area contributed by atoms with Crippen LogP contribution >= 0.6 is 11.6 Å². The van der Waals surface area contributed by atoms with Gasteiger partial charge in [0.2, 0.25) is 0 Å². The number of hydrogen-bond donors (Lipinski definition) is 2. The summed E-state index contributed by atoms with van der Waals surface area (Å²) < 4.78 is 13.5. The summed E-state index contributed by atoms with van der Waals surface area (Å²) in [4.78, 5) is 2.18. The van der Waals surface area contributed by atoms with E-state index in [0.717, 1.165) is 38.2 Å². The number of benzene rings is 1. The number of nitrogens with zero attached hydrogens (tertiary/aromatic N) is 1. The summed E-state index contributed by atoms with van der Waals surface area (Å²) in [6.07, 6.45) is 1.03. The Bertz CT molecular complexity index is 395. The summed E-state index contributed by atoms with van der Waals surface area (Å²) in [5.41, 5.74) is 0.779. The highest BCUT2D eigenvalue weighted by Gasteiger charge is 2.21. The fourth-order valence-electron chi connectivity index (χ4n) is 2.33. The predicted octanol–water partition coefficient (Wildman–Crippen LogP) is 1.81. The van der Waals surface area contributed by atoms with E-state index in [1.165, 1.54) is 6.07 Å². The second-order valence-electron chi connectivity index (χ2n) is 4.51. The molecule has 0 aliphatic carbocycles. The Morgan fingerprint density at radius 3 is 2.94 bits per heavy atom. The average Bonchev–Trinajstić information content (AvgIpc) is 2.64. The first-order valence-corrected chi connectivity index (χ1v) is 6.60. The molecule has 0 bridgehead atoms. The molecule has 0 spiro atoms. The number of aliphatic hydroxyl groups excluding tert-OH is 1. The van der Waals surface area contributed by atoms with E-state index in [2.05, 4.69) is 10.2 Å². The summed E-state index contributed by atoms with van der Waals surface area (Å²) in [7, 11) is 0. The Morgan fingerprint density at radius 1 is 1.39 bits per heavy atom. The van der Waals surface area contributed by atoms with Crippen LogP contribution in [0.25, 0.3) is 0 Å². The van der Waals surface area contributed by atoms with Crippen molar-refractivity contribution in [2.24, 2.45) is 0 Å². The first-order valence-electron chi connectivity index (χ1n) is 6.23. The molecule has 1 aromatic rings. The number of hydrogen-bond acceptors (Lipinski definition) is 3. The fourth-order valence-corrected chi connectivity index (χ4v) is 2.45. The minimum Gasteiger partial charge on any atom is -0.394 e. The molecule has 1 heterocycles. The monoisotopic (exact) mass is 272 g/mol. The van der Waals surface area contributed by atoms with Crippen molar-refractivity contribution < 1.29 is 9.50 Å². The summed E-state index contributed by atoms with van der Waals surface area (Å²) in [5, 5.41) is 13.0. The molecule has 1 aromatic carbocycles. The zero-order valence-corrected chi connectivity index (χ0v) is 11.0. The van der Waals surface area contributed by atoms with Crippen LogP contribution in [0.5, 0.6) is 0 Å². The highest BCUT2D eigenvalue weighted by molar-refractivity contribution is 6.30. The summed E-state index contributed by atoms with van der Waals surface area (Å²) in [6.45, 7) is 3.63. The third kappa shape index (κ3) is 3.20. The minimum absolute atomic E-state index is 0.0128. The first-order chi connectivity index (χ1) is 8.72. The van der Waals surface area contributed by atoms with Gasteiger partial charge in [0.15, 0.2) is 0 Å². The summed E-state index contributed by atoms with van der Waals surface area (Å²) >= 11 is 5.68. The van der Waals surface area contributed by atoms with Crippen molar-refractivity contribution in [1.29, 1.82) is 0 Å². The number of halogens is 2. The quantitative estimate of drug-likeness (QED) is 0.881. The number of nitrogens with one attached hydrogen (secondary N) is 1. The van der Waals surface area contributed by atoms with Crippen molar-refractivity contribution in [3.8, 4) is 0 Å². The van der Waals surface area contributed by atoms with Crippen molar-refractivity contribution in [3.63, 3.8) is 0 Å². The van der Waals surface area contributed by atoms with Crippen LogP contribution in [-0.2, 0) is 0 Å². The molecule has 1 aliphatic rings. The Morgan fingerprint density at radius 2 is 2.22 bits per heavy atom. The highest BCUT2D eigenvalue weighted by Crippen LogP contribution is 2.24. The first kappa shape index (κ1) is 13.7. The van der Waals surface area contributed by atoms with Gasteiger partial charge < -0.3 is 10.4 Å². The molecule has 5 heteroatoms. The van der Waals surface area contributed by atoms with Gasteiger partial charge in [-0.1, -0.05) is 17.7 Å². The molecule has 1 fully saturated rings. The lowest BCUT2D eigenvalue weighted by molar-refractivity contribution is 0.129. The molecule has 0 radical (unpaired) electrons. The Labute approximate surface area is 112 Å². The smallest absolute Gasteiger partial charge is 0.142 e. The lowest BCUT2D eigenvalue weighted by Crippen LogP contribution is -2.34. The van der Waals surface area contributed by atoms with Gasteiger partial charge in [0.25, 0.3) is 0 Å². The Kier molecular flexibility index (Phi) is 4.95. The van der Waals surface area contributed by atoms with Gasteiger partial charge in [-0.3, -0.25) is 4.90 Å². The van der Waals surface area contributed by atoms with Crippen molar-refractivity contribution >= 4 is 11.6 Å². The molecule has 1 saturated heterocycles. The van der Waals surface area contributed by atoms with E-state index in [4.69, 9.17) is 11.6 Å². The van der Waals surface area contributed by atoms with Gasteiger partial charge in [-0.05, 0) is 30.7 Å². The third-order valence-electron chi connectivity index (χ3n) is 3.32. The SMILES string of the molecule is OCC(c1ccc(Cl)c(F)c1)N1CCCNCC1. The topological polar surface area (TPSA) is 35.5 Å². The molecule has 18 heavy (non-hydrogen) atoms. The van der Waals surface area contributed by atoms with Crippen LogP contribution in [0.2, 0.25) is 5.02 Å². The molecule has 0 saturated carbocycles. The van der Waals surface area contributed by atoms with Crippen LogP contribution in [0, 0.1) is 5.82 Å². The molecular weight excluding hydrogens is 255 g/mol. The van der Waals surface area contributed by atoms with Crippen molar-refractivity contribution in [2.45, 2.75) is 12.5 Å². The number of rotatable bonds is 3. The fraction of sp³-hybridized carbons (Fsp3) is 0.538. The van der Waals surface area contributed by atoms with Gasteiger partial charge >= 0.3 is 0 Å². The second-order valence-corrected chi connectivity index (χ2v) is 4.92. The van der Waals surface area contributed by atoms with Gasteiger partial charge in [0.1, 0.15) is 5.82 Å². The summed E-state index contributed by atoms with van der Waals surface area (Å²) in [6, 6.07) is 4.59. The van der Waals surface area contributed by atoms with Crippen LogP contribution in [-0.4, -0.2) is 42.8 Å². The Hall–Kier alpha value is -0.680. The van der Waals surface area contributed by atoms with Gasteiger partial charge in [-0.15, -0.1) is 0 Å². The van der Waals surface area contributed by atoms with E-state index in [-0.39, 0.29) is 17.7 Å². The molecule has 100 valence electrons. The normalized spacial score (nSPS) is 19.5. The van der Waals surface area contributed by atoms with E-state index in [1.807, 2.05) is 0 Å². The van der Waals surface area contributed by atoms with E-state index in [0.29, 0.717) is 0 Å². The molecular formula is C13H18ClFN2O. The third-order valence-corrected chi connectivity index (χ3v) is 3.62. The van der Waals surface area contributed by atoms with E-state index in [9.17, 15) is 9.50 Å². The maximum absolute atomic E-state index is 13.5. The van der Waals surface area contributed by atoms with Gasteiger partial charge in [-0.2, -0.15) is 0 Å².